The highest BCUT2D eigenvalue weighted by Crippen LogP contribution is 2.38. The first-order chi connectivity index (χ1) is 14.0. The number of rotatable bonds is 3. The summed E-state index contributed by atoms with van der Waals surface area (Å²) in [6, 6.07) is 10.3. The molecular weight excluding hydrogens is 368 g/mol. The Kier molecular flexibility index (Phi) is 4.30. The monoisotopic (exact) mass is 392 g/mol. The quantitative estimate of drug-likeness (QED) is 0.871. The SMILES string of the molecule is O=C(O)c1ccc(-c2cc3n(c(=O)c2)C[C@H]2C[C@@H]3CN(C(=O)C3CCC3)C2)cc1. The molecule has 0 spiro atoms. The molecule has 29 heavy (non-hydrogen) atoms. The van der Waals surface area contributed by atoms with Crippen LogP contribution in [0.3, 0.4) is 0 Å². The zero-order chi connectivity index (χ0) is 20.1. The van der Waals surface area contributed by atoms with Gasteiger partial charge in [-0.05, 0) is 54.5 Å². The molecule has 1 N–H and O–H groups in total. The number of carbonyl (C=O) groups is 2. The van der Waals surface area contributed by atoms with Crippen molar-refractivity contribution in [3.63, 3.8) is 0 Å². The first kappa shape index (κ1) is 18.2. The molecule has 1 aromatic heterocycles. The number of fused-ring (bicyclic) bond motifs is 4. The van der Waals surface area contributed by atoms with Crippen LogP contribution in [0.4, 0.5) is 0 Å². The Balaban J connectivity index is 1.47. The highest BCUT2D eigenvalue weighted by atomic mass is 16.4. The van der Waals surface area contributed by atoms with Gasteiger partial charge in [0.1, 0.15) is 0 Å². The van der Waals surface area contributed by atoms with E-state index < -0.39 is 5.97 Å². The van der Waals surface area contributed by atoms with Gasteiger partial charge in [-0.3, -0.25) is 9.59 Å². The van der Waals surface area contributed by atoms with Crippen LogP contribution in [0.15, 0.2) is 41.2 Å². The number of carboxylic acids is 1. The van der Waals surface area contributed by atoms with E-state index in [4.69, 9.17) is 5.11 Å². The Hall–Kier alpha value is -2.89. The van der Waals surface area contributed by atoms with E-state index in [0.29, 0.717) is 24.9 Å². The standard InChI is InChI=1S/C23H24N2O4/c26-21-10-18(15-4-6-17(7-5-15)23(28)29)9-20-19-8-14(12-25(20)21)11-24(13-19)22(27)16-2-1-3-16/h4-7,9-10,14,16,19H,1-3,8,11-13H2,(H,28,29)/t14-,19+/m0/s1. The van der Waals surface area contributed by atoms with E-state index in [0.717, 1.165) is 49.0 Å². The van der Waals surface area contributed by atoms with Gasteiger partial charge in [0.05, 0.1) is 5.56 Å². The van der Waals surface area contributed by atoms with Gasteiger partial charge in [0.2, 0.25) is 5.91 Å². The number of likely N-dealkylation sites (tertiary alicyclic amines) is 1. The van der Waals surface area contributed by atoms with Crippen molar-refractivity contribution in [2.45, 2.75) is 38.1 Å². The molecule has 2 aliphatic heterocycles. The van der Waals surface area contributed by atoms with Crippen molar-refractivity contribution in [1.82, 2.24) is 9.47 Å². The predicted molar refractivity (Wildman–Crippen MR) is 108 cm³/mol. The molecule has 2 aromatic rings. The number of piperidine rings is 1. The van der Waals surface area contributed by atoms with Crippen molar-refractivity contribution in [2.75, 3.05) is 13.1 Å². The smallest absolute Gasteiger partial charge is 0.335 e. The molecule has 1 aromatic carbocycles. The summed E-state index contributed by atoms with van der Waals surface area (Å²) in [6.07, 6.45) is 4.18. The van der Waals surface area contributed by atoms with Gasteiger partial charge >= 0.3 is 5.97 Å². The first-order valence-corrected chi connectivity index (χ1v) is 10.4. The van der Waals surface area contributed by atoms with E-state index in [1.807, 2.05) is 9.47 Å². The highest BCUT2D eigenvalue weighted by Gasteiger charge is 2.39. The van der Waals surface area contributed by atoms with Gasteiger partial charge in [0, 0.05) is 43.2 Å². The zero-order valence-corrected chi connectivity index (χ0v) is 16.2. The maximum Gasteiger partial charge on any atom is 0.335 e. The summed E-state index contributed by atoms with van der Waals surface area (Å²) in [6.45, 7) is 2.11. The molecule has 6 nitrogen and oxygen atoms in total. The maximum atomic E-state index is 12.8. The molecule has 1 saturated heterocycles. The van der Waals surface area contributed by atoms with E-state index in [1.165, 1.54) is 0 Å². The predicted octanol–water partition coefficient (Wildman–Crippen LogP) is 2.96. The number of carbonyl (C=O) groups excluding carboxylic acids is 1. The minimum atomic E-state index is -0.966. The zero-order valence-electron chi connectivity index (χ0n) is 16.2. The second-order valence-corrected chi connectivity index (χ2v) is 8.67. The number of carboxylic acid groups (broad SMARTS) is 1. The van der Waals surface area contributed by atoms with Crippen LogP contribution < -0.4 is 5.56 Å². The molecule has 1 saturated carbocycles. The molecule has 5 rings (SSSR count). The van der Waals surface area contributed by atoms with E-state index in [1.54, 1.807) is 30.3 Å². The Labute approximate surface area is 168 Å². The lowest BCUT2D eigenvalue weighted by molar-refractivity contribution is -0.141. The van der Waals surface area contributed by atoms with Crippen molar-refractivity contribution in [1.29, 1.82) is 0 Å². The van der Waals surface area contributed by atoms with Gasteiger partial charge in [-0.25, -0.2) is 4.79 Å². The van der Waals surface area contributed by atoms with E-state index in [9.17, 15) is 14.4 Å². The Bertz CT molecular complexity index is 1040. The summed E-state index contributed by atoms with van der Waals surface area (Å²) in [5.41, 5.74) is 2.84. The van der Waals surface area contributed by atoms with Crippen molar-refractivity contribution >= 4 is 11.9 Å². The summed E-state index contributed by atoms with van der Waals surface area (Å²) in [7, 11) is 0. The molecule has 0 unspecified atom stereocenters. The molecule has 2 fully saturated rings. The van der Waals surface area contributed by atoms with E-state index in [2.05, 4.69) is 6.07 Å². The summed E-state index contributed by atoms with van der Waals surface area (Å²) in [5.74, 6) is 0.0462. The molecule has 150 valence electrons. The number of aromatic carboxylic acids is 1. The molecule has 1 aliphatic carbocycles. The third-order valence-corrected chi connectivity index (χ3v) is 6.79. The second kappa shape index (κ2) is 6.87. The molecule has 3 aliphatic rings. The number of benzene rings is 1. The lowest BCUT2D eigenvalue weighted by atomic mass is 9.80. The van der Waals surface area contributed by atoms with Gasteiger partial charge in [0.15, 0.2) is 0 Å². The lowest BCUT2D eigenvalue weighted by Crippen LogP contribution is -2.51. The van der Waals surface area contributed by atoms with Crippen molar-refractivity contribution in [2.24, 2.45) is 11.8 Å². The largest absolute Gasteiger partial charge is 0.478 e. The first-order valence-electron chi connectivity index (χ1n) is 10.4. The van der Waals surface area contributed by atoms with Crippen molar-refractivity contribution < 1.29 is 14.7 Å². The number of amides is 1. The Morgan fingerprint density at radius 2 is 1.72 bits per heavy atom. The van der Waals surface area contributed by atoms with Gasteiger partial charge in [0.25, 0.3) is 5.56 Å². The molecule has 0 radical (unpaired) electrons. The Morgan fingerprint density at radius 3 is 2.38 bits per heavy atom. The topological polar surface area (TPSA) is 79.6 Å². The molecule has 3 heterocycles. The van der Waals surface area contributed by atoms with Crippen molar-refractivity contribution in [3.05, 3.63) is 58.0 Å². The fourth-order valence-corrected chi connectivity index (χ4v) is 5.02. The molecular formula is C23H24N2O4. The van der Waals surface area contributed by atoms with Gasteiger partial charge in [-0.1, -0.05) is 18.6 Å². The van der Waals surface area contributed by atoms with Gasteiger partial charge < -0.3 is 14.6 Å². The normalized spacial score (nSPS) is 23.2. The van der Waals surface area contributed by atoms with Crippen molar-refractivity contribution in [3.8, 4) is 11.1 Å². The van der Waals surface area contributed by atoms with Crippen LogP contribution in [0, 0.1) is 11.8 Å². The lowest BCUT2D eigenvalue weighted by Gasteiger charge is -2.44. The minimum Gasteiger partial charge on any atom is -0.478 e. The van der Waals surface area contributed by atoms with Crippen LogP contribution in [0.25, 0.3) is 11.1 Å². The second-order valence-electron chi connectivity index (χ2n) is 8.67. The number of aromatic nitrogens is 1. The number of hydrogen-bond acceptors (Lipinski definition) is 3. The van der Waals surface area contributed by atoms with Crippen LogP contribution in [0.1, 0.15) is 47.7 Å². The number of nitrogens with zero attached hydrogens (tertiary/aromatic N) is 2. The van der Waals surface area contributed by atoms with Crippen LogP contribution in [0.5, 0.6) is 0 Å². The average molecular weight is 392 g/mol. The third kappa shape index (κ3) is 3.16. The molecule has 1 amide bonds. The summed E-state index contributed by atoms with van der Waals surface area (Å²) in [4.78, 5) is 38.7. The molecule has 2 bridgehead atoms. The maximum absolute atomic E-state index is 12.8. The van der Waals surface area contributed by atoms with E-state index in [-0.39, 0.29) is 23.0 Å². The molecule has 6 heteroatoms. The Morgan fingerprint density at radius 1 is 0.966 bits per heavy atom. The summed E-state index contributed by atoms with van der Waals surface area (Å²) in [5, 5.41) is 9.09. The number of pyridine rings is 1. The molecule has 2 atom stereocenters. The average Bonchev–Trinajstić information content (AvgIpc) is 2.67. The van der Waals surface area contributed by atoms with Crippen LogP contribution in [-0.4, -0.2) is 39.5 Å². The van der Waals surface area contributed by atoms with Gasteiger partial charge in [-0.15, -0.1) is 0 Å². The summed E-state index contributed by atoms with van der Waals surface area (Å²) >= 11 is 0. The van der Waals surface area contributed by atoms with E-state index >= 15 is 0 Å². The fraction of sp³-hybridized carbons (Fsp3) is 0.435. The summed E-state index contributed by atoms with van der Waals surface area (Å²) < 4.78 is 1.87. The van der Waals surface area contributed by atoms with Crippen LogP contribution >= 0.6 is 0 Å². The minimum absolute atomic E-state index is 0.0201. The third-order valence-electron chi connectivity index (χ3n) is 6.79. The van der Waals surface area contributed by atoms with Crippen LogP contribution in [0.2, 0.25) is 0 Å². The van der Waals surface area contributed by atoms with Gasteiger partial charge in [-0.2, -0.15) is 0 Å². The number of hydrogen-bond donors (Lipinski definition) is 1. The van der Waals surface area contributed by atoms with Crippen LogP contribution in [-0.2, 0) is 11.3 Å². The highest BCUT2D eigenvalue weighted by molar-refractivity contribution is 5.88. The fourth-order valence-electron chi connectivity index (χ4n) is 5.02.